The molecule has 0 atom stereocenters. The number of carbonyl (C=O) groups excluding carboxylic acids is 1. The number of hydrogen-bond acceptors (Lipinski definition) is 3. The fraction of sp³-hybridized carbons (Fsp3) is 0.125. The molecule has 2 aromatic carbocycles. The zero-order valence-corrected chi connectivity index (χ0v) is 16.6. The lowest BCUT2D eigenvalue weighted by Gasteiger charge is -2.26. The second kappa shape index (κ2) is 6.70. The molecule has 0 fully saturated rings. The molecular formula is C24H19N5O2. The Balaban J connectivity index is 1.33. The predicted molar refractivity (Wildman–Crippen MR) is 120 cm³/mol. The molecule has 152 valence electrons. The van der Waals surface area contributed by atoms with Gasteiger partial charge in [-0.15, -0.1) is 0 Å². The summed E-state index contributed by atoms with van der Waals surface area (Å²) in [4.78, 5) is 33.7. The van der Waals surface area contributed by atoms with Gasteiger partial charge >= 0.3 is 0 Å². The molecule has 31 heavy (non-hydrogen) atoms. The van der Waals surface area contributed by atoms with E-state index in [1.807, 2.05) is 36.5 Å². The van der Waals surface area contributed by atoms with Gasteiger partial charge in [-0.1, -0.05) is 36.4 Å². The third-order valence-electron chi connectivity index (χ3n) is 6.04. The summed E-state index contributed by atoms with van der Waals surface area (Å²) in [5.41, 5.74) is 4.83. The molecular weight excluding hydrogens is 390 g/mol. The van der Waals surface area contributed by atoms with Crippen LogP contribution in [0.25, 0.3) is 33.0 Å². The zero-order valence-electron chi connectivity index (χ0n) is 16.6. The SMILES string of the molecule is O=C(c1cnn2c1[nH]c(=O)c1ccccc12)N1CC=C(c2c[nH]c3ccccc23)CC1. The number of nitrogens with zero attached hydrogens (tertiary/aromatic N) is 3. The largest absolute Gasteiger partial charge is 0.361 e. The highest BCUT2D eigenvalue weighted by Gasteiger charge is 2.24. The molecule has 0 unspecified atom stereocenters. The van der Waals surface area contributed by atoms with Crippen molar-refractivity contribution in [2.45, 2.75) is 6.42 Å². The van der Waals surface area contributed by atoms with Gasteiger partial charge in [0, 0.05) is 35.8 Å². The highest BCUT2D eigenvalue weighted by molar-refractivity contribution is 6.01. The minimum atomic E-state index is -0.224. The second-order valence-electron chi connectivity index (χ2n) is 7.77. The number of aromatic nitrogens is 4. The molecule has 1 aliphatic rings. The molecule has 1 amide bonds. The first-order valence-corrected chi connectivity index (χ1v) is 10.2. The summed E-state index contributed by atoms with van der Waals surface area (Å²) in [6.07, 6.45) is 6.46. The average Bonchev–Trinajstić information content (AvgIpc) is 3.43. The summed E-state index contributed by atoms with van der Waals surface area (Å²) in [6.45, 7) is 1.13. The highest BCUT2D eigenvalue weighted by Crippen LogP contribution is 2.29. The second-order valence-corrected chi connectivity index (χ2v) is 7.77. The molecule has 3 aromatic heterocycles. The lowest BCUT2D eigenvalue weighted by Crippen LogP contribution is -2.34. The van der Waals surface area contributed by atoms with Crippen LogP contribution in [0.15, 0.2) is 71.8 Å². The third kappa shape index (κ3) is 2.70. The number of rotatable bonds is 2. The van der Waals surface area contributed by atoms with Crippen molar-refractivity contribution in [3.8, 4) is 0 Å². The zero-order chi connectivity index (χ0) is 20.9. The van der Waals surface area contributed by atoms with E-state index in [-0.39, 0.29) is 11.5 Å². The van der Waals surface area contributed by atoms with Crippen molar-refractivity contribution in [3.05, 3.63) is 88.5 Å². The van der Waals surface area contributed by atoms with E-state index in [9.17, 15) is 9.59 Å². The Morgan fingerprint density at radius 3 is 2.68 bits per heavy atom. The molecule has 4 heterocycles. The molecule has 5 aromatic rings. The van der Waals surface area contributed by atoms with Crippen molar-refractivity contribution >= 4 is 38.9 Å². The Morgan fingerprint density at radius 1 is 1.03 bits per heavy atom. The number of H-pyrrole nitrogens is 2. The van der Waals surface area contributed by atoms with Crippen LogP contribution < -0.4 is 5.56 Å². The molecule has 0 saturated carbocycles. The normalized spacial score (nSPS) is 14.5. The molecule has 2 N–H and O–H groups in total. The first-order chi connectivity index (χ1) is 15.2. The van der Waals surface area contributed by atoms with Crippen LogP contribution in [0.4, 0.5) is 0 Å². The van der Waals surface area contributed by atoms with Crippen molar-refractivity contribution < 1.29 is 4.79 Å². The minimum absolute atomic E-state index is 0.129. The van der Waals surface area contributed by atoms with Crippen LogP contribution in [-0.2, 0) is 0 Å². The van der Waals surface area contributed by atoms with Crippen LogP contribution in [0.1, 0.15) is 22.3 Å². The smallest absolute Gasteiger partial charge is 0.259 e. The van der Waals surface area contributed by atoms with E-state index in [0.717, 1.165) is 11.9 Å². The number of hydrogen-bond donors (Lipinski definition) is 2. The van der Waals surface area contributed by atoms with Gasteiger partial charge < -0.3 is 14.9 Å². The lowest BCUT2D eigenvalue weighted by molar-refractivity contribution is 0.0774. The molecule has 0 radical (unpaired) electrons. The van der Waals surface area contributed by atoms with Crippen molar-refractivity contribution in [1.29, 1.82) is 0 Å². The van der Waals surface area contributed by atoms with Crippen molar-refractivity contribution in [2.24, 2.45) is 0 Å². The molecule has 7 heteroatoms. The Kier molecular flexibility index (Phi) is 3.83. The maximum absolute atomic E-state index is 13.2. The van der Waals surface area contributed by atoms with E-state index in [1.54, 1.807) is 21.7 Å². The first kappa shape index (κ1) is 17.7. The Hall–Kier alpha value is -4.13. The Bertz CT molecular complexity index is 1570. The number of benzene rings is 2. The van der Waals surface area contributed by atoms with Gasteiger partial charge in [-0.3, -0.25) is 9.59 Å². The van der Waals surface area contributed by atoms with Crippen LogP contribution >= 0.6 is 0 Å². The number of aromatic amines is 2. The molecule has 0 bridgehead atoms. The number of amides is 1. The summed E-state index contributed by atoms with van der Waals surface area (Å²) in [6, 6.07) is 15.5. The van der Waals surface area contributed by atoms with E-state index >= 15 is 0 Å². The average molecular weight is 409 g/mol. The van der Waals surface area contributed by atoms with Crippen LogP contribution in [0.5, 0.6) is 0 Å². The summed E-state index contributed by atoms with van der Waals surface area (Å²) in [5.74, 6) is -0.129. The van der Waals surface area contributed by atoms with Gasteiger partial charge in [0.2, 0.25) is 0 Å². The lowest BCUT2D eigenvalue weighted by atomic mass is 9.98. The van der Waals surface area contributed by atoms with Gasteiger partial charge in [-0.2, -0.15) is 5.10 Å². The summed E-state index contributed by atoms with van der Waals surface area (Å²) >= 11 is 0. The van der Waals surface area contributed by atoms with Gasteiger partial charge in [0.05, 0.1) is 17.1 Å². The van der Waals surface area contributed by atoms with E-state index in [1.165, 1.54) is 16.5 Å². The van der Waals surface area contributed by atoms with Gasteiger partial charge in [0.25, 0.3) is 11.5 Å². The van der Waals surface area contributed by atoms with E-state index in [4.69, 9.17) is 0 Å². The van der Waals surface area contributed by atoms with Crippen molar-refractivity contribution in [2.75, 3.05) is 13.1 Å². The van der Waals surface area contributed by atoms with Crippen LogP contribution in [0.3, 0.4) is 0 Å². The van der Waals surface area contributed by atoms with E-state index in [2.05, 4.69) is 33.3 Å². The summed E-state index contributed by atoms with van der Waals surface area (Å²) in [5, 5.41) is 6.11. The highest BCUT2D eigenvalue weighted by atomic mass is 16.2. The third-order valence-corrected chi connectivity index (χ3v) is 6.04. The Morgan fingerprint density at radius 2 is 1.84 bits per heavy atom. The summed E-state index contributed by atoms with van der Waals surface area (Å²) in [7, 11) is 0. The van der Waals surface area contributed by atoms with Gasteiger partial charge in [-0.25, -0.2) is 4.52 Å². The standard InChI is InChI=1S/C24H19N5O2/c30-23-17-6-2-4-8-21(17)29-22(27-23)19(14-26-29)24(31)28-11-9-15(10-12-28)18-13-25-20-7-3-1-5-16(18)20/h1-9,13-14,25H,10-12H2,(H,27,30). The van der Waals surface area contributed by atoms with Crippen molar-refractivity contribution in [1.82, 2.24) is 24.5 Å². The van der Waals surface area contributed by atoms with Crippen molar-refractivity contribution in [3.63, 3.8) is 0 Å². The molecule has 0 aliphatic carbocycles. The molecule has 7 nitrogen and oxygen atoms in total. The van der Waals surface area contributed by atoms with Crippen LogP contribution in [-0.4, -0.2) is 43.5 Å². The quantitative estimate of drug-likeness (QED) is 0.467. The monoisotopic (exact) mass is 409 g/mol. The van der Waals surface area contributed by atoms with Gasteiger partial charge in [0.15, 0.2) is 0 Å². The van der Waals surface area contributed by atoms with E-state index in [0.29, 0.717) is 35.2 Å². The summed E-state index contributed by atoms with van der Waals surface area (Å²) < 4.78 is 1.63. The number of nitrogens with one attached hydrogen (secondary N) is 2. The molecule has 1 aliphatic heterocycles. The first-order valence-electron chi connectivity index (χ1n) is 10.2. The minimum Gasteiger partial charge on any atom is -0.361 e. The number of carbonyl (C=O) groups is 1. The predicted octanol–water partition coefficient (Wildman–Crippen LogP) is 3.59. The Labute approximate surface area is 176 Å². The number of para-hydroxylation sites is 2. The van der Waals surface area contributed by atoms with E-state index < -0.39 is 0 Å². The maximum atomic E-state index is 13.2. The fourth-order valence-corrected chi connectivity index (χ4v) is 4.44. The maximum Gasteiger partial charge on any atom is 0.259 e. The molecule has 0 spiro atoms. The van der Waals surface area contributed by atoms with Gasteiger partial charge in [-0.05, 0) is 30.2 Å². The molecule has 0 saturated heterocycles. The van der Waals surface area contributed by atoms with Crippen LogP contribution in [0.2, 0.25) is 0 Å². The van der Waals surface area contributed by atoms with Crippen LogP contribution in [0, 0.1) is 0 Å². The topological polar surface area (TPSA) is 86.3 Å². The van der Waals surface area contributed by atoms with Gasteiger partial charge in [0.1, 0.15) is 11.2 Å². The number of fused-ring (bicyclic) bond motifs is 4. The molecule has 6 rings (SSSR count). The fourth-order valence-electron chi connectivity index (χ4n) is 4.44.